The number of nitrogen functional groups attached to an aromatic ring is 1. The van der Waals surface area contributed by atoms with E-state index in [0.29, 0.717) is 22.9 Å². The third-order valence-electron chi connectivity index (χ3n) is 3.60. The highest BCUT2D eigenvalue weighted by atomic mass is 16.5. The molecule has 2 rings (SSSR count). The molecule has 1 aliphatic heterocycles. The number of anilines is 1. The smallest absolute Gasteiger partial charge is 0.205 e. The van der Waals surface area contributed by atoms with E-state index < -0.39 is 0 Å². The SMILES string of the molecule is CCCC(C)C1C(C#N)=C(N)Oc2cc(N)ccc21. The van der Waals surface area contributed by atoms with E-state index in [0.717, 1.165) is 18.4 Å². The van der Waals surface area contributed by atoms with Crippen LogP contribution in [0.5, 0.6) is 5.75 Å². The van der Waals surface area contributed by atoms with Gasteiger partial charge in [0.15, 0.2) is 0 Å². The number of hydrogen-bond acceptors (Lipinski definition) is 4. The minimum atomic E-state index is -0.00528. The van der Waals surface area contributed by atoms with E-state index in [-0.39, 0.29) is 11.8 Å². The molecule has 4 nitrogen and oxygen atoms in total. The zero-order valence-corrected chi connectivity index (χ0v) is 11.3. The van der Waals surface area contributed by atoms with Crippen LogP contribution in [0.2, 0.25) is 0 Å². The zero-order chi connectivity index (χ0) is 14.0. The van der Waals surface area contributed by atoms with Crippen molar-refractivity contribution in [1.82, 2.24) is 0 Å². The van der Waals surface area contributed by atoms with Gasteiger partial charge in [-0.15, -0.1) is 0 Å². The van der Waals surface area contributed by atoms with Crippen LogP contribution in [0.25, 0.3) is 0 Å². The Balaban J connectivity index is 2.52. The standard InChI is InChI=1S/C15H19N3O/c1-3-4-9(2)14-11-6-5-10(17)7-13(11)19-15(18)12(14)8-16/h5-7,9,14H,3-4,17-18H2,1-2H3. The van der Waals surface area contributed by atoms with Crippen molar-refractivity contribution < 1.29 is 4.74 Å². The number of fused-ring (bicyclic) bond motifs is 1. The lowest BCUT2D eigenvalue weighted by Crippen LogP contribution is -2.24. The van der Waals surface area contributed by atoms with Crippen LogP contribution in [0.3, 0.4) is 0 Å². The van der Waals surface area contributed by atoms with Crippen molar-refractivity contribution in [2.75, 3.05) is 5.73 Å². The monoisotopic (exact) mass is 257 g/mol. The minimum Gasteiger partial charge on any atom is -0.440 e. The van der Waals surface area contributed by atoms with Gasteiger partial charge in [-0.05, 0) is 12.0 Å². The number of benzene rings is 1. The van der Waals surface area contributed by atoms with Crippen LogP contribution < -0.4 is 16.2 Å². The molecule has 100 valence electrons. The lowest BCUT2D eigenvalue weighted by Gasteiger charge is -2.30. The molecule has 2 unspecified atom stereocenters. The van der Waals surface area contributed by atoms with Crippen molar-refractivity contribution in [2.24, 2.45) is 11.7 Å². The van der Waals surface area contributed by atoms with E-state index in [2.05, 4.69) is 19.9 Å². The van der Waals surface area contributed by atoms with Gasteiger partial charge in [-0.2, -0.15) is 5.26 Å². The maximum Gasteiger partial charge on any atom is 0.205 e. The van der Waals surface area contributed by atoms with E-state index in [1.54, 1.807) is 6.07 Å². The summed E-state index contributed by atoms with van der Waals surface area (Å²) in [5.74, 6) is 1.21. The molecule has 4 heteroatoms. The highest BCUT2D eigenvalue weighted by molar-refractivity contribution is 5.56. The summed E-state index contributed by atoms with van der Waals surface area (Å²) in [7, 11) is 0. The Hall–Kier alpha value is -2.15. The topological polar surface area (TPSA) is 85.1 Å². The Morgan fingerprint density at radius 3 is 2.79 bits per heavy atom. The maximum atomic E-state index is 9.34. The fraction of sp³-hybridized carbons (Fsp3) is 0.400. The van der Waals surface area contributed by atoms with Crippen LogP contribution in [-0.2, 0) is 0 Å². The van der Waals surface area contributed by atoms with E-state index in [9.17, 15) is 5.26 Å². The zero-order valence-electron chi connectivity index (χ0n) is 11.3. The van der Waals surface area contributed by atoms with Crippen molar-refractivity contribution in [3.05, 3.63) is 35.2 Å². The van der Waals surface area contributed by atoms with E-state index in [1.807, 2.05) is 12.1 Å². The van der Waals surface area contributed by atoms with Gasteiger partial charge in [0.1, 0.15) is 11.8 Å². The van der Waals surface area contributed by atoms with Gasteiger partial charge in [0.25, 0.3) is 0 Å². The molecule has 4 N–H and O–H groups in total. The molecular weight excluding hydrogens is 238 g/mol. The molecule has 1 aromatic carbocycles. The molecule has 0 saturated heterocycles. The van der Waals surface area contributed by atoms with Gasteiger partial charge in [0.2, 0.25) is 5.88 Å². The normalized spacial score (nSPS) is 19.3. The quantitative estimate of drug-likeness (QED) is 0.815. The van der Waals surface area contributed by atoms with Crippen LogP contribution in [0.1, 0.15) is 38.2 Å². The van der Waals surface area contributed by atoms with Gasteiger partial charge < -0.3 is 16.2 Å². The summed E-state index contributed by atoms with van der Waals surface area (Å²) < 4.78 is 5.53. The predicted octanol–water partition coefficient (Wildman–Crippen LogP) is 2.87. The van der Waals surface area contributed by atoms with E-state index in [4.69, 9.17) is 16.2 Å². The summed E-state index contributed by atoms with van der Waals surface area (Å²) in [5, 5.41) is 9.34. The number of allylic oxidation sites excluding steroid dienone is 1. The van der Waals surface area contributed by atoms with Crippen LogP contribution >= 0.6 is 0 Å². The van der Waals surface area contributed by atoms with Gasteiger partial charge >= 0.3 is 0 Å². The second-order valence-electron chi connectivity index (χ2n) is 5.03. The number of nitrogens with zero attached hydrogens (tertiary/aromatic N) is 1. The first-order valence-electron chi connectivity index (χ1n) is 6.55. The fourth-order valence-electron chi connectivity index (χ4n) is 2.72. The molecule has 0 bridgehead atoms. The molecule has 0 amide bonds. The predicted molar refractivity (Wildman–Crippen MR) is 75.1 cm³/mol. The Morgan fingerprint density at radius 1 is 1.42 bits per heavy atom. The number of rotatable bonds is 3. The molecular formula is C15H19N3O. The second-order valence-corrected chi connectivity index (χ2v) is 5.03. The summed E-state index contributed by atoms with van der Waals surface area (Å²) in [6, 6.07) is 7.74. The summed E-state index contributed by atoms with van der Waals surface area (Å²) in [6.45, 7) is 4.28. The summed E-state index contributed by atoms with van der Waals surface area (Å²) >= 11 is 0. The van der Waals surface area contributed by atoms with E-state index >= 15 is 0 Å². The van der Waals surface area contributed by atoms with Crippen molar-refractivity contribution in [1.29, 1.82) is 5.26 Å². The molecule has 0 radical (unpaired) electrons. The minimum absolute atomic E-state index is 0.00528. The first kappa shape index (κ1) is 13.3. The van der Waals surface area contributed by atoms with Gasteiger partial charge in [-0.1, -0.05) is 32.8 Å². The number of nitrogens with two attached hydrogens (primary N) is 2. The fourth-order valence-corrected chi connectivity index (χ4v) is 2.72. The van der Waals surface area contributed by atoms with Gasteiger partial charge in [-0.25, -0.2) is 0 Å². The summed E-state index contributed by atoms with van der Waals surface area (Å²) in [5.41, 5.74) is 13.8. The molecule has 0 fully saturated rings. The number of nitriles is 1. The highest BCUT2D eigenvalue weighted by Crippen LogP contribution is 2.43. The molecule has 1 heterocycles. The van der Waals surface area contributed by atoms with Crippen LogP contribution in [0.15, 0.2) is 29.7 Å². The summed E-state index contributed by atoms with van der Waals surface area (Å²) in [4.78, 5) is 0. The lowest BCUT2D eigenvalue weighted by molar-refractivity contribution is 0.359. The molecule has 19 heavy (non-hydrogen) atoms. The van der Waals surface area contributed by atoms with E-state index in [1.165, 1.54) is 0 Å². The Morgan fingerprint density at radius 2 is 2.16 bits per heavy atom. The summed E-state index contributed by atoms with van der Waals surface area (Å²) in [6.07, 6.45) is 2.11. The molecule has 2 atom stereocenters. The molecule has 0 saturated carbocycles. The molecule has 0 spiro atoms. The van der Waals surface area contributed by atoms with Crippen molar-refractivity contribution >= 4 is 5.69 Å². The van der Waals surface area contributed by atoms with Gasteiger partial charge in [0, 0.05) is 23.2 Å². The van der Waals surface area contributed by atoms with Gasteiger partial charge in [0.05, 0.1) is 5.57 Å². The lowest BCUT2D eigenvalue weighted by atomic mass is 9.78. The average molecular weight is 257 g/mol. The van der Waals surface area contributed by atoms with Crippen molar-refractivity contribution in [3.63, 3.8) is 0 Å². The first-order chi connectivity index (χ1) is 9.08. The van der Waals surface area contributed by atoms with Crippen LogP contribution in [0, 0.1) is 17.2 Å². The Kier molecular flexibility index (Phi) is 3.66. The Labute approximate surface area is 113 Å². The van der Waals surface area contributed by atoms with Crippen LogP contribution in [-0.4, -0.2) is 0 Å². The Bertz CT molecular complexity index is 557. The molecule has 1 aromatic rings. The van der Waals surface area contributed by atoms with Crippen LogP contribution in [0.4, 0.5) is 5.69 Å². The second kappa shape index (κ2) is 5.23. The average Bonchev–Trinajstić information content (AvgIpc) is 2.37. The maximum absolute atomic E-state index is 9.34. The molecule has 0 aliphatic carbocycles. The molecule has 0 aromatic heterocycles. The number of hydrogen-bond donors (Lipinski definition) is 2. The van der Waals surface area contributed by atoms with Crippen molar-refractivity contribution in [2.45, 2.75) is 32.6 Å². The largest absolute Gasteiger partial charge is 0.440 e. The third kappa shape index (κ3) is 2.37. The van der Waals surface area contributed by atoms with Gasteiger partial charge in [-0.3, -0.25) is 0 Å². The van der Waals surface area contributed by atoms with Crippen molar-refractivity contribution in [3.8, 4) is 11.8 Å². The first-order valence-corrected chi connectivity index (χ1v) is 6.55. The molecule has 1 aliphatic rings. The highest BCUT2D eigenvalue weighted by Gasteiger charge is 2.32. The third-order valence-corrected chi connectivity index (χ3v) is 3.60. The number of ether oxygens (including phenoxy) is 1.